The zero-order valence-corrected chi connectivity index (χ0v) is 14.0. The van der Waals surface area contributed by atoms with Crippen molar-refractivity contribution in [2.75, 3.05) is 6.61 Å². The molecule has 0 atom stereocenters. The summed E-state index contributed by atoms with van der Waals surface area (Å²) in [5.74, 6) is 0.640. The van der Waals surface area contributed by atoms with Crippen molar-refractivity contribution in [3.8, 4) is 0 Å². The zero-order chi connectivity index (χ0) is 16.2. The van der Waals surface area contributed by atoms with Crippen LogP contribution < -0.4 is 0 Å². The number of hydrogen-bond acceptors (Lipinski definition) is 6. The van der Waals surface area contributed by atoms with Gasteiger partial charge in [-0.15, -0.1) is 5.10 Å². The van der Waals surface area contributed by atoms with E-state index < -0.39 is 0 Å². The molecule has 0 saturated heterocycles. The lowest BCUT2D eigenvalue weighted by molar-refractivity contribution is 0.0500. The Balaban J connectivity index is 1.57. The number of carbonyl (C=O) groups is 1. The Morgan fingerprint density at radius 1 is 1.35 bits per heavy atom. The van der Waals surface area contributed by atoms with Crippen LogP contribution >= 0.6 is 11.5 Å². The smallest absolute Gasteiger partial charge is 0.351 e. The molecule has 7 heteroatoms. The van der Waals surface area contributed by atoms with Gasteiger partial charge < -0.3 is 9.30 Å². The van der Waals surface area contributed by atoms with E-state index in [4.69, 9.17) is 4.74 Å². The molecule has 2 aromatic heterocycles. The fraction of sp³-hybridized carbons (Fsp3) is 0.375. The fourth-order valence-corrected chi connectivity index (χ4v) is 3.17. The maximum atomic E-state index is 12.0. The van der Waals surface area contributed by atoms with Gasteiger partial charge in [-0.25, -0.2) is 9.78 Å². The summed E-state index contributed by atoms with van der Waals surface area (Å²) in [7, 11) is 0. The number of para-hydroxylation sites is 2. The number of nitrogens with zero attached hydrogens (tertiary/aromatic N) is 4. The van der Waals surface area contributed by atoms with Gasteiger partial charge in [0.1, 0.15) is 5.82 Å². The Hall–Kier alpha value is -2.28. The fourth-order valence-electron chi connectivity index (χ4n) is 2.53. The highest BCUT2D eigenvalue weighted by molar-refractivity contribution is 7.07. The number of fused-ring (bicyclic) bond motifs is 1. The van der Waals surface area contributed by atoms with Crippen molar-refractivity contribution in [3.63, 3.8) is 0 Å². The van der Waals surface area contributed by atoms with Crippen molar-refractivity contribution in [3.05, 3.63) is 40.7 Å². The number of aromatic nitrogens is 4. The van der Waals surface area contributed by atoms with Crippen molar-refractivity contribution in [1.82, 2.24) is 19.1 Å². The molecule has 0 radical (unpaired) electrons. The van der Waals surface area contributed by atoms with Gasteiger partial charge >= 0.3 is 5.97 Å². The minimum atomic E-state index is -0.330. The quantitative estimate of drug-likeness (QED) is 0.513. The molecule has 0 amide bonds. The molecular formula is C16H18N4O2S. The van der Waals surface area contributed by atoms with Crippen LogP contribution in [-0.2, 0) is 17.7 Å². The van der Waals surface area contributed by atoms with Crippen LogP contribution in [0.4, 0.5) is 0 Å². The number of carbonyl (C=O) groups excluding carboxylic acids is 1. The lowest BCUT2D eigenvalue weighted by atomic mass is 10.3. The Morgan fingerprint density at radius 3 is 3.00 bits per heavy atom. The second kappa shape index (κ2) is 6.87. The zero-order valence-electron chi connectivity index (χ0n) is 13.2. The highest BCUT2D eigenvalue weighted by atomic mass is 32.1. The predicted octanol–water partition coefficient (Wildman–Crippen LogP) is 3.01. The maximum absolute atomic E-state index is 12.0. The van der Waals surface area contributed by atoms with Crippen LogP contribution in [0.1, 0.15) is 34.5 Å². The second-order valence-electron chi connectivity index (χ2n) is 5.19. The van der Waals surface area contributed by atoms with Gasteiger partial charge in [-0.2, -0.15) is 0 Å². The Morgan fingerprint density at radius 2 is 2.17 bits per heavy atom. The highest BCUT2D eigenvalue weighted by Crippen LogP contribution is 2.16. The summed E-state index contributed by atoms with van der Waals surface area (Å²) in [6.45, 7) is 5.07. The number of aryl methyl sites for hydroxylation is 3. The van der Waals surface area contributed by atoms with E-state index >= 15 is 0 Å². The van der Waals surface area contributed by atoms with Crippen molar-refractivity contribution < 1.29 is 9.53 Å². The van der Waals surface area contributed by atoms with Crippen LogP contribution in [0, 0.1) is 6.92 Å². The molecule has 0 aliphatic carbocycles. The standard InChI is InChI=1S/C16H18N4O2S/c1-3-12-15(23-19-18-12)16(21)22-10-6-9-20-11(2)17-13-7-4-5-8-14(13)20/h4-5,7-8H,3,6,9-10H2,1-2H3. The summed E-state index contributed by atoms with van der Waals surface area (Å²) in [6.07, 6.45) is 1.42. The van der Waals surface area contributed by atoms with E-state index in [1.165, 1.54) is 0 Å². The number of imidazole rings is 1. The van der Waals surface area contributed by atoms with Crippen LogP contribution in [0.2, 0.25) is 0 Å². The third-order valence-corrected chi connectivity index (χ3v) is 4.43. The number of esters is 1. The minimum absolute atomic E-state index is 0.330. The number of rotatable bonds is 6. The molecule has 0 aliphatic heterocycles. The number of benzene rings is 1. The average Bonchev–Trinajstić information content (AvgIpc) is 3.15. The van der Waals surface area contributed by atoms with Gasteiger partial charge in [0.05, 0.1) is 23.3 Å². The number of hydrogen-bond donors (Lipinski definition) is 0. The van der Waals surface area contributed by atoms with E-state index in [0.29, 0.717) is 23.6 Å². The molecule has 2 heterocycles. The first-order valence-electron chi connectivity index (χ1n) is 7.61. The van der Waals surface area contributed by atoms with Crippen molar-refractivity contribution >= 4 is 28.5 Å². The van der Waals surface area contributed by atoms with Crippen LogP contribution in [0.3, 0.4) is 0 Å². The molecule has 0 fully saturated rings. The first kappa shape index (κ1) is 15.6. The summed E-state index contributed by atoms with van der Waals surface area (Å²) in [6, 6.07) is 8.04. The molecule has 120 valence electrons. The van der Waals surface area contributed by atoms with E-state index in [2.05, 4.69) is 25.2 Å². The molecule has 0 N–H and O–H groups in total. The summed E-state index contributed by atoms with van der Waals surface area (Å²) >= 11 is 1.09. The van der Waals surface area contributed by atoms with E-state index in [-0.39, 0.29) is 5.97 Å². The Kier molecular flexibility index (Phi) is 4.66. The molecule has 0 saturated carbocycles. The molecule has 3 aromatic rings. The Labute approximate surface area is 138 Å². The first-order chi connectivity index (χ1) is 11.2. The largest absolute Gasteiger partial charge is 0.461 e. The molecule has 0 bridgehead atoms. The average molecular weight is 330 g/mol. The van der Waals surface area contributed by atoms with Crippen LogP contribution in [0.5, 0.6) is 0 Å². The van der Waals surface area contributed by atoms with E-state index in [1.807, 2.05) is 32.0 Å². The summed E-state index contributed by atoms with van der Waals surface area (Å²) in [5, 5.41) is 3.93. The molecule has 0 aliphatic rings. The maximum Gasteiger partial charge on any atom is 0.351 e. The van der Waals surface area contributed by atoms with Crippen LogP contribution in [0.15, 0.2) is 24.3 Å². The van der Waals surface area contributed by atoms with E-state index in [9.17, 15) is 4.79 Å². The molecule has 0 unspecified atom stereocenters. The van der Waals surface area contributed by atoms with Crippen molar-refractivity contribution in [2.24, 2.45) is 0 Å². The monoisotopic (exact) mass is 330 g/mol. The molecule has 0 spiro atoms. The van der Waals surface area contributed by atoms with Gasteiger partial charge in [-0.3, -0.25) is 0 Å². The predicted molar refractivity (Wildman–Crippen MR) is 88.7 cm³/mol. The van der Waals surface area contributed by atoms with Gasteiger partial charge in [0.2, 0.25) is 0 Å². The van der Waals surface area contributed by atoms with E-state index in [1.54, 1.807) is 0 Å². The summed E-state index contributed by atoms with van der Waals surface area (Å²) < 4.78 is 11.3. The highest BCUT2D eigenvalue weighted by Gasteiger charge is 2.16. The summed E-state index contributed by atoms with van der Waals surface area (Å²) in [5.41, 5.74) is 2.80. The van der Waals surface area contributed by atoms with Gasteiger partial charge in [0, 0.05) is 6.54 Å². The molecule has 3 rings (SSSR count). The van der Waals surface area contributed by atoms with Gasteiger partial charge in [0.15, 0.2) is 4.88 Å². The topological polar surface area (TPSA) is 69.9 Å². The molecule has 1 aromatic carbocycles. The SMILES string of the molecule is CCc1nnsc1C(=O)OCCCn1c(C)nc2ccccc21. The minimum Gasteiger partial charge on any atom is -0.461 e. The van der Waals surface area contributed by atoms with Gasteiger partial charge in [-0.1, -0.05) is 23.5 Å². The molecular weight excluding hydrogens is 312 g/mol. The van der Waals surface area contributed by atoms with E-state index in [0.717, 1.165) is 41.4 Å². The summed E-state index contributed by atoms with van der Waals surface area (Å²) in [4.78, 5) is 17.1. The Bertz CT molecular complexity index is 824. The van der Waals surface area contributed by atoms with Crippen molar-refractivity contribution in [1.29, 1.82) is 0 Å². The second-order valence-corrected chi connectivity index (χ2v) is 5.95. The third-order valence-electron chi connectivity index (χ3n) is 3.68. The molecule has 23 heavy (non-hydrogen) atoms. The van der Waals surface area contributed by atoms with Crippen LogP contribution in [-0.4, -0.2) is 31.7 Å². The molecule has 6 nitrogen and oxygen atoms in total. The third kappa shape index (κ3) is 3.24. The normalized spacial score (nSPS) is 11.0. The lowest BCUT2D eigenvalue weighted by Gasteiger charge is -2.07. The lowest BCUT2D eigenvalue weighted by Crippen LogP contribution is -2.10. The first-order valence-corrected chi connectivity index (χ1v) is 8.38. The van der Waals surface area contributed by atoms with Gasteiger partial charge in [0.25, 0.3) is 0 Å². The van der Waals surface area contributed by atoms with Gasteiger partial charge in [-0.05, 0) is 43.4 Å². The number of ether oxygens (including phenoxy) is 1. The van der Waals surface area contributed by atoms with Crippen LogP contribution in [0.25, 0.3) is 11.0 Å². The van der Waals surface area contributed by atoms with Crippen molar-refractivity contribution in [2.45, 2.75) is 33.2 Å².